The minimum absolute atomic E-state index is 0.0100. The third kappa shape index (κ3) is 5.22. The van der Waals surface area contributed by atoms with Crippen molar-refractivity contribution in [2.75, 3.05) is 11.9 Å². The zero-order valence-corrected chi connectivity index (χ0v) is 16.4. The van der Waals surface area contributed by atoms with E-state index < -0.39 is 29.6 Å². The molecule has 0 bridgehead atoms. The number of nitrogens with one attached hydrogen (secondary N) is 2. The number of hydrogen-bond donors (Lipinski definition) is 2. The molecule has 1 aromatic heterocycles. The maximum absolute atomic E-state index is 12.5. The summed E-state index contributed by atoms with van der Waals surface area (Å²) in [6.07, 6.45) is -2.76. The highest BCUT2D eigenvalue weighted by molar-refractivity contribution is 6.42. The molecule has 0 fully saturated rings. The van der Waals surface area contributed by atoms with Gasteiger partial charge < -0.3 is 10.1 Å². The van der Waals surface area contributed by atoms with Gasteiger partial charge in [0.25, 0.3) is 18.0 Å². The van der Waals surface area contributed by atoms with E-state index >= 15 is 0 Å². The number of H-pyrrole nitrogens is 1. The smallest absolute Gasteiger partial charge is 0.275 e. The second-order valence-electron chi connectivity index (χ2n) is 5.92. The second kappa shape index (κ2) is 9.06. The van der Waals surface area contributed by atoms with E-state index in [2.05, 4.69) is 15.5 Å². The van der Waals surface area contributed by atoms with Crippen molar-refractivity contribution in [1.29, 1.82) is 0 Å². The Morgan fingerprint density at radius 2 is 1.97 bits per heavy atom. The minimum Gasteiger partial charge on any atom is -0.487 e. The average molecular weight is 457 g/mol. The molecule has 3 aromatic rings. The van der Waals surface area contributed by atoms with Gasteiger partial charge in [0.15, 0.2) is 0 Å². The second-order valence-corrected chi connectivity index (χ2v) is 6.74. The number of aromatic amines is 1. The van der Waals surface area contributed by atoms with E-state index in [0.717, 1.165) is 12.1 Å². The van der Waals surface area contributed by atoms with Gasteiger partial charge in [-0.25, -0.2) is 8.78 Å². The Morgan fingerprint density at radius 3 is 2.63 bits per heavy atom. The third-order valence-corrected chi connectivity index (χ3v) is 4.51. The predicted molar refractivity (Wildman–Crippen MR) is 107 cm³/mol. The number of amides is 1. The van der Waals surface area contributed by atoms with Gasteiger partial charge in [-0.05, 0) is 18.2 Å². The fourth-order valence-corrected chi connectivity index (χ4v) is 2.74. The Morgan fingerprint density at radius 1 is 1.20 bits per heavy atom. The van der Waals surface area contributed by atoms with Crippen LogP contribution in [0.15, 0.2) is 42.5 Å². The molecule has 0 unspecified atom stereocenters. The molecule has 2 N–H and O–H groups in total. The van der Waals surface area contributed by atoms with Gasteiger partial charge in [0.2, 0.25) is 0 Å². The van der Waals surface area contributed by atoms with Crippen molar-refractivity contribution in [3.05, 3.63) is 68.3 Å². The lowest BCUT2D eigenvalue weighted by Crippen LogP contribution is -2.13. The fourth-order valence-electron chi connectivity index (χ4n) is 2.44. The number of nitrogens with zero attached hydrogens (tertiary/aromatic N) is 2. The number of carbonyl (C=O) groups is 1. The summed E-state index contributed by atoms with van der Waals surface area (Å²) in [4.78, 5) is 22.8. The Kier molecular flexibility index (Phi) is 6.48. The molecule has 3 rings (SSSR count). The molecule has 2 aromatic carbocycles. The number of aromatic nitrogens is 2. The molecule has 1 amide bonds. The van der Waals surface area contributed by atoms with Crippen molar-refractivity contribution in [1.82, 2.24) is 10.2 Å². The van der Waals surface area contributed by atoms with Gasteiger partial charge in [-0.2, -0.15) is 5.10 Å². The number of ether oxygens (including phenoxy) is 1. The van der Waals surface area contributed by atoms with E-state index in [-0.39, 0.29) is 17.1 Å². The lowest BCUT2D eigenvalue weighted by atomic mass is 10.1. The van der Waals surface area contributed by atoms with Crippen LogP contribution in [0.4, 0.5) is 20.2 Å². The quantitative estimate of drug-likeness (QED) is 0.375. The van der Waals surface area contributed by atoms with Crippen molar-refractivity contribution in [2.45, 2.75) is 6.43 Å². The summed E-state index contributed by atoms with van der Waals surface area (Å²) in [6.45, 7) is -0.942. The molecule has 156 valence electrons. The number of anilines is 1. The molecular weight excluding hydrogens is 445 g/mol. The molecule has 0 aliphatic carbocycles. The molecule has 1 heterocycles. The van der Waals surface area contributed by atoms with E-state index in [4.69, 9.17) is 27.9 Å². The number of halogens is 4. The SMILES string of the molecule is O=C(Nc1cc(OCC(F)F)cc([N+](=O)[O-])c1)c1cc(-c2ccc(Cl)c(Cl)c2)n[nH]1. The number of hydrogen-bond acceptors (Lipinski definition) is 5. The molecule has 0 saturated heterocycles. The zero-order valence-electron chi connectivity index (χ0n) is 14.9. The third-order valence-electron chi connectivity index (χ3n) is 3.77. The molecular formula is C18H12Cl2F2N4O4. The summed E-state index contributed by atoms with van der Waals surface area (Å²) < 4.78 is 29.5. The fraction of sp³-hybridized carbons (Fsp3) is 0.111. The van der Waals surface area contributed by atoms with Crippen molar-refractivity contribution in [3.8, 4) is 17.0 Å². The van der Waals surface area contributed by atoms with E-state index in [1.165, 1.54) is 12.1 Å². The maximum atomic E-state index is 12.5. The molecule has 0 spiro atoms. The van der Waals surface area contributed by atoms with Gasteiger partial charge in [-0.15, -0.1) is 0 Å². The number of carbonyl (C=O) groups excluding carboxylic acids is 1. The molecule has 0 aliphatic rings. The Balaban J connectivity index is 1.80. The number of non-ortho nitro benzene ring substituents is 1. The van der Waals surface area contributed by atoms with Crippen molar-refractivity contribution >= 4 is 40.5 Å². The molecule has 8 nitrogen and oxygen atoms in total. The number of rotatable bonds is 7. The van der Waals surface area contributed by atoms with Crippen LogP contribution in [0.2, 0.25) is 10.0 Å². The van der Waals surface area contributed by atoms with Crippen LogP contribution in [0.3, 0.4) is 0 Å². The number of benzene rings is 2. The summed E-state index contributed by atoms with van der Waals surface area (Å²) in [5.41, 5.74) is 0.636. The summed E-state index contributed by atoms with van der Waals surface area (Å²) >= 11 is 11.9. The van der Waals surface area contributed by atoms with Gasteiger partial charge in [0, 0.05) is 17.7 Å². The van der Waals surface area contributed by atoms with Crippen molar-refractivity contribution in [3.63, 3.8) is 0 Å². The first kappa shape index (κ1) is 21.5. The van der Waals surface area contributed by atoms with Crippen molar-refractivity contribution < 1.29 is 23.2 Å². The Bertz CT molecular complexity index is 1110. The van der Waals surface area contributed by atoms with Gasteiger partial charge >= 0.3 is 0 Å². The van der Waals surface area contributed by atoms with Crippen LogP contribution < -0.4 is 10.1 Å². The molecule has 0 aliphatic heterocycles. The van der Waals surface area contributed by atoms with E-state index in [1.54, 1.807) is 18.2 Å². The van der Waals surface area contributed by atoms with Gasteiger partial charge in [-0.1, -0.05) is 29.3 Å². The highest BCUT2D eigenvalue weighted by atomic mass is 35.5. The van der Waals surface area contributed by atoms with E-state index in [1.807, 2.05) is 0 Å². The lowest BCUT2D eigenvalue weighted by Gasteiger charge is -2.09. The Hall–Kier alpha value is -3.24. The van der Waals surface area contributed by atoms with Crippen LogP contribution in [0.25, 0.3) is 11.3 Å². The normalized spacial score (nSPS) is 10.8. The molecule has 0 saturated carbocycles. The largest absolute Gasteiger partial charge is 0.487 e. The van der Waals surface area contributed by atoms with Crippen LogP contribution in [0, 0.1) is 10.1 Å². The zero-order chi connectivity index (χ0) is 21.8. The summed E-state index contributed by atoms with van der Waals surface area (Å²) in [5.74, 6) is -0.838. The summed E-state index contributed by atoms with van der Waals surface area (Å²) in [7, 11) is 0. The molecule has 12 heteroatoms. The van der Waals surface area contributed by atoms with Crippen molar-refractivity contribution in [2.24, 2.45) is 0 Å². The van der Waals surface area contributed by atoms with Crippen LogP contribution in [0.5, 0.6) is 5.75 Å². The molecule has 0 atom stereocenters. The number of nitro benzene ring substituents is 1. The van der Waals surface area contributed by atoms with Crippen LogP contribution in [0.1, 0.15) is 10.5 Å². The molecule has 30 heavy (non-hydrogen) atoms. The number of alkyl halides is 2. The standard InChI is InChI=1S/C18H12Cl2F2N4O4/c19-13-2-1-9(3-14(13)20)15-7-16(25-24-15)18(27)23-10-4-11(26(28)29)6-12(5-10)30-8-17(21)22/h1-7,17H,8H2,(H,23,27)(H,24,25). The van der Waals surface area contributed by atoms with Crippen LogP contribution in [-0.4, -0.2) is 34.1 Å². The first-order chi connectivity index (χ1) is 14.2. The summed E-state index contributed by atoms with van der Waals surface area (Å²) in [5, 5.41) is 20.8. The number of nitro groups is 1. The topological polar surface area (TPSA) is 110 Å². The van der Waals surface area contributed by atoms with Gasteiger partial charge in [0.05, 0.1) is 32.4 Å². The lowest BCUT2D eigenvalue weighted by molar-refractivity contribution is -0.384. The maximum Gasteiger partial charge on any atom is 0.275 e. The monoisotopic (exact) mass is 456 g/mol. The predicted octanol–water partition coefficient (Wildman–Crippen LogP) is 5.19. The van der Waals surface area contributed by atoms with E-state index in [0.29, 0.717) is 21.3 Å². The van der Waals surface area contributed by atoms with Crippen LogP contribution >= 0.6 is 23.2 Å². The van der Waals surface area contributed by atoms with Crippen LogP contribution in [-0.2, 0) is 0 Å². The average Bonchev–Trinajstić information content (AvgIpc) is 3.18. The highest BCUT2D eigenvalue weighted by Gasteiger charge is 2.16. The van der Waals surface area contributed by atoms with E-state index in [9.17, 15) is 23.7 Å². The first-order valence-corrected chi connectivity index (χ1v) is 9.01. The van der Waals surface area contributed by atoms with Gasteiger partial charge in [0.1, 0.15) is 18.1 Å². The minimum atomic E-state index is -2.76. The Labute approximate surface area is 177 Å². The van der Waals surface area contributed by atoms with Gasteiger partial charge in [-0.3, -0.25) is 20.0 Å². The molecule has 0 radical (unpaired) electrons. The highest BCUT2D eigenvalue weighted by Crippen LogP contribution is 2.29. The summed E-state index contributed by atoms with van der Waals surface area (Å²) in [6, 6.07) is 9.52. The first-order valence-electron chi connectivity index (χ1n) is 8.25.